The first-order valence-electron chi connectivity index (χ1n) is 5.61. The molecule has 1 saturated heterocycles. The summed E-state index contributed by atoms with van der Waals surface area (Å²) in [5, 5.41) is 0. The number of amides is 1. The molecule has 0 aromatic heterocycles. The van der Waals surface area contributed by atoms with Gasteiger partial charge in [-0.25, -0.2) is 0 Å². The lowest BCUT2D eigenvalue weighted by Crippen LogP contribution is -2.39. The van der Waals surface area contributed by atoms with Crippen molar-refractivity contribution in [3.63, 3.8) is 0 Å². The van der Waals surface area contributed by atoms with Crippen molar-refractivity contribution in [1.82, 2.24) is 4.90 Å². The lowest BCUT2D eigenvalue weighted by molar-refractivity contribution is -0.137. The molecule has 1 rings (SSSR count). The zero-order chi connectivity index (χ0) is 12.0. The SMILES string of the molecule is COCC(Br)CN(C)C(=O)C1CCOCC1. The van der Waals surface area contributed by atoms with Crippen LogP contribution < -0.4 is 0 Å². The van der Waals surface area contributed by atoms with Crippen molar-refractivity contribution < 1.29 is 14.3 Å². The lowest BCUT2D eigenvalue weighted by Gasteiger charge is -2.27. The Labute approximate surface area is 105 Å². The monoisotopic (exact) mass is 293 g/mol. The minimum Gasteiger partial charge on any atom is -0.383 e. The Morgan fingerprint density at radius 1 is 1.56 bits per heavy atom. The van der Waals surface area contributed by atoms with Crippen LogP contribution in [0.4, 0.5) is 0 Å². The Kier molecular flexibility index (Phi) is 6.31. The molecule has 1 aliphatic heterocycles. The van der Waals surface area contributed by atoms with Gasteiger partial charge >= 0.3 is 0 Å². The molecule has 0 N–H and O–H groups in total. The van der Waals surface area contributed by atoms with Gasteiger partial charge in [-0.2, -0.15) is 0 Å². The molecule has 0 aromatic carbocycles. The average molecular weight is 294 g/mol. The third kappa shape index (κ3) is 4.39. The molecule has 5 heteroatoms. The normalized spacial score (nSPS) is 19.4. The smallest absolute Gasteiger partial charge is 0.225 e. The molecule has 4 nitrogen and oxygen atoms in total. The van der Waals surface area contributed by atoms with Crippen LogP contribution in [0.1, 0.15) is 12.8 Å². The van der Waals surface area contributed by atoms with Gasteiger partial charge in [0, 0.05) is 39.8 Å². The van der Waals surface area contributed by atoms with Gasteiger partial charge in [-0.05, 0) is 12.8 Å². The van der Waals surface area contributed by atoms with Crippen molar-refractivity contribution in [2.45, 2.75) is 17.7 Å². The quantitative estimate of drug-likeness (QED) is 0.717. The topological polar surface area (TPSA) is 38.8 Å². The third-order valence-electron chi connectivity index (χ3n) is 2.77. The number of hydrogen-bond acceptors (Lipinski definition) is 3. The first-order chi connectivity index (χ1) is 7.65. The van der Waals surface area contributed by atoms with E-state index in [0.717, 1.165) is 12.8 Å². The summed E-state index contributed by atoms with van der Waals surface area (Å²) in [4.78, 5) is 14.0. The van der Waals surface area contributed by atoms with Gasteiger partial charge in [0.2, 0.25) is 5.91 Å². The predicted octanol–water partition coefficient (Wildman–Crippen LogP) is 1.28. The van der Waals surface area contributed by atoms with Crippen LogP contribution in [-0.4, -0.2) is 56.2 Å². The van der Waals surface area contributed by atoms with E-state index in [1.807, 2.05) is 7.05 Å². The van der Waals surface area contributed by atoms with E-state index in [2.05, 4.69) is 15.9 Å². The molecule has 0 bridgehead atoms. The van der Waals surface area contributed by atoms with E-state index in [1.165, 1.54) is 0 Å². The van der Waals surface area contributed by atoms with Crippen LogP contribution in [0.2, 0.25) is 0 Å². The molecule has 0 aliphatic carbocycles. The molecule has 1 atom stereocenters. The summed E-state index contributed by atoms with van der Waals surface area (Å²) in [5.41, 5.74) is 0. The molecule has 1 aliphatic rings. The number of ether oxygens (including phenoxy) is 2. The largest absolute Gasteiger partial charge is 0.383 e. The number of rotatable bonds is 5. The molecule has 0 saturated carbocycles. The molecule has 1 amide bonds. The summed E-state index contributed by atoms with van der Waals surface area (Å²) in [5.74, 6) is 0.366. The number of halogens is 1. The summed E-state index contributed by atoms with van der Waals surface area (Å²) < 4.78 is 10.3. The molecule has 1 heterocycles. The van der Waals surface area contributed by atoms with E-state index in [0.29, 0.717) is 26.4 Å². The predicted molar refractivity (Wildman–Crippen MR) is 65.8 cm³/mol. The lowest BCUT2D eigenvalue weighted by atomic mass is 9.99. The van der Waals surface area contributed by atoms with Crippen LogP contribution in [0.15, 0.2) is 0 Å². The fourth-order valence-electron chi connectivity index (χ4n) is 1.88. The number of carbonyl (C=O) groups excluding carboxylic acids is 1. The minimum atomic E-state index is 0.140. The molecule has 94 valence electrons. The first-order valence-corrected chi connectivity index (χ1v) is 6.52. The van der Waals surface area contributed by atoms with Crippen molar-refractivity contribution in [2.24, 2.45) is 5.92 Å². The van der Waals surface area contributed by atoms with Gasteiger partial charge in [0.15, 0.2) is 0 Å². The van der Waals surface area contributed by atoms with Crippen molar-refractivity contribution >= 4 is 21.8 Å². The third-order valence-corrected chi connectivity index (χ3v) is 3.32. The van der Waals surface area contributed by atoms with Crippen molar-refractivity contribution in [1.29, 1.82) is 0 Å². The summed E-state index contributed by atoms with van der Waals surface area (Å²) in [6.07, 6.45) is 1.70. The van der Waals surface area contributed by atoms with Crippen LogP contribution >= 0.6 is 15.9 Å². The highest BCUT2D eigenvalue weighted by Gasteiger charge is 2.25. The second kappa shape index (κ2) is 7.25. The van der Waals surface area contributed by atoms with E-state index in [1.54, 1.807) is 12.0 Å². The Morgan fingerprint density at radius 2 is 2.19 bits per heavy atom. The molecule has 0 aromatic rings. The fourth-order valence-corrected chi connectivity index (χ4v) is 2.58. The zero-order valence-corrected chi connectivity index (χ0v) is 11.5. The van der Waals surface area contributed by atoms with Gasteiger partial charge in [0.1, 0.15) is 0 Å². The average Bonchev–Trinajstić information content (AvgIpc) is 2.29. The Bertz CT molecular complexity index is 219. The molecule has 1 fully saturated rings. The maximum absolute atomic E-state index is 12.0. The van der Waals surface area contributed by atoms with E-state index >= 15 is 0 Å². The maximum atomic E-state index is 12.0. The number of hydrogen-bond donors (Lipinski definition) is 0. The van der Waals surface area contributed by atoms with Gasteiger partial charge in [-0.3, -0.25) is 4.79 Å². The Morgan fingerprint density at radius 3 is 2.75 bits per heavy atom. The molecule has 16 heavy (non-hydrogen) atoms. The van der Waals surface area contributed by atoms with Gasteiger partial charge in [0.05, 0.1) is 11.4 Å². The Balaban J connectivity index is 2.34. The molecule has 1 unspecified atom stereocenters. The highest BCUT2D eigenvalue weighted by molar-refractivity contribution is 9.09. The summed E-state index contributed by atoms with van der Waals surface area (Å²) >= 11 is 3.49. The van der Waals surface area contributed by atoms with Gasteiger partial charge in [0.25, 0.3) is 0 Å². The highest BCUT2D eigenvalue weighted by Crippen LogP contribution is 2.17. The first kappa shape index (κ1) is 13.9. The molecule has 0 spiro atoms. The summed E-state index contributed by atoms with van der Waals surface area (Å²) in [6, 6.07) is 0. The fraction of sp³-hybridized carbons (Fsp3) is 0.909. The highest BCUT2D eigenvalue weighted by atomic mass is 79.9. The maximum Gasteiger partial charge on any atom is 0.225 e. The number of nitrogens with zero attached hydrogens (tertiary/aromatic N) is 1. The number of methoxy groups -OCH3 is 1. The van der Waals surface area contributed by atoms with E-state index in [4.69, 9.17) is 9.47 Å². The van der Waals surface area contributed by atoms with Crippen LogP contribution in [0.5, 0.6) is 0 Å². The Hall–Kier alpha value is -0.130. The van der Waals surface area contributed by atoms with Crippen molar-refractivity contribution in [3.05, 3.63) is 0 Å². The molecular weight excluding hydrogens is 274 g/mol. The number of alkyl halides is 1. The van der Waals surface area contributed by atoms with E-state index in [9.17, 15) is 4.79 Å². The van der Waals surface area contributed by atoms with Crippen molar-refractivity contribution in [3.8, 4) is 0 Å². The molecule has 0 radical (unpaired) electrons. The van der Waals surface area contributed by atoms with Gasteiger partial charge in [-0.15, -0.1) is 0 Å². The summed E-state index contributed by atoms with van der Waals surface area (Å²) in [7, 11) is 3.51. The van der Waals surface area contributed by atoms with Crippen molar-refractivity contribution in [2.75, 3.05) is 40.5 Å². The van der Waals surface area contributed by atoms with E-state index < -0.39 is 0 Å². The van der Waals surface area contributed by atoms with Crippen LogP contribution in [0.3, 0.4) is 0 Å². The van der Waals surface area contributed by atoms with Crippen LogP contribution in [0.25, 0.3) is 0 Å². The minimum absolute atomic E-state index is 0.140. The second-order valence-corrected chi connectivity index (χ2v) is 5.45. The van der Waals surface area contributed by atoms with Gasteiger partial charge < -0.3 is 14.4 Å². The second-order valence-electron chi connectivity index (χ2n) is 4.16. The van der Waals surface area contributed by atoms with Crippen LogP contribution in [0, 0.1) is 5.92 Å². The summed E-state index contributed by atoms with van der Waals surface area (Å²) in [6.45, 7) is 2.72. The van der Waals surface area contributed by atoms with E-state index in [-0.39, 0.29) is 16.7 Å². The number of carbonyl (C=O) groups is 1. The standard InChI is InChI=1S/C11H20BrNO3/c1-13(7-10(12)8-15-2)11(14)9-3-5-16-6-4-9/h9-10H,3-8H2,1-2H3. The van der Waals surface area contributed by atoms with Gasteiger partial charge in [-0.1, -0.05) is 15.9 Å². The molecular formula is C11H20BrNO3. The van der Waals surface area contributed by atoms with Crippen LogP contribution in [-0.2, 0) is 14.3 Å². The zero-order valence-electron chi connectivity index (χ0n) is 9.95.